The molecule has 2 fully saturated rings. The predicted octanol–water partition coefficient (Wildman–Crippen LogP) is 1.11. The van der Waals surface area contributed by atoms with Gasteiger partial charge in [-0.15, -0.1) is 5.06 Å². The van der Waals surface area contributed by atoms with E-state index in [0.29, 0.717) is 0 Å². The topological polar surface area (TPSA) is 24.8 Å². The summed E-state index contributed by atoms with van der Waals surface area (Å²) >= 11 is 0. The molecule has 58 valence electrons. The van der Waals surface area contributed by atoms with Gasteiger partial charge in [0.1, 0.15) is 0 Å². The Labute approximate surface area is 60.9 Å². The Balaban J connectivity index is 1.99. The van der Waals surface area contributed by atoms with Crippen molar-refractivity contribution in [1.82, 2.24) is 5.06 Å². The number of hydrogen-bond acceptors (Lipinski definition) is 3. The van der Waals surface area contributed by atoms with Crippen molar-refractivity contribution >= 4 is 0 Å². The number of rotatable bonds is 1. The first kappa shape index (κ1) is 6.58. The lowest BCUT2D eigenvalue weighted by molar-refractivity contribution is -0.0191. The second-order valence-electron chi connectivity index (χ2n) is 2.92. The summed E-state index contributed by atoms with van der Waals surface area (Å²) in [7, 11) is 1.71. The Morgan fingerprint density at radius 1 is 1.40 bits per heavy atom. The normalized spacial score (nSPS) is 45.9. The van der Waals surface area contributed by atoms with Crippen LogP contribution < -0.4 is 0 Å². The fourth-order valence-electron chi connectivity index (χ4n) is 1.56. The highest BCUT2D eigenvalue weighted by Gasteiger charge is 2.55. The van der Waals surface area contributed by atoms with Crippen molar-refractivity contribution < 1.29 is 9.57 Å². The highest BCUT2D eigenvalue weighted by Crippen LogP contribution is 2.42. The molecule has 0 spiro atoms. The van der Waals surface area contributed by atoms with Gasteiger partial charge >= 0.3 is 0 Å². The van der Waals surface area contributed by atoms with Crippen molar-refractivity contribution in [3.05, 3.63) is 0 Å². The van der Waals surface area contributed by atoms with Gasteiger partial charge in [0, 0.05) is 20.1 Å². The molecule has 3 nitrogen and oxygen atoms in total. The molecule has 0 radical (unpaired) electrons. The molecule has 0 aromatic heterocycles. The SMILES string of the molecule is COC12CCCCCN1O2. The molecule has 2 saturated heterocycles. The zero-order chi connectivity index (χ0) is 7.03. The van der Waals surface area contributed by atoms with E-state index in [1.807, 2.05) is 5.06 Å². The number of methoxy groups -OCH3 is 1. The van der Waals surface area contributed by atoms with E-state index >= 15 is 0 Å². The lowest BCUT2D eigenvalue weighted by Crippen LogP contribution is -2.19. The molecule has 0 amide bonds. The highest BCUT2D eigenvalue weighted by molar-refractivity contribution is 4.79. The molecule has 0 aromatic rings. The van der Waals surface area contributed by atoms with E-state index in [2.05, 4.69) is 0 Å². The van der Waals surface area contributed by atoms with Gasteiger partial charge in [-0.05, 0) is 12.8 Å². The van der Waals surface area contributed by atoms with Gasteiger partial charge in [-0.25, -0.2) is 4.84 Å². The zero-order valence-electron chi connectivity index (χ0n) is 6.30. The largest absolute Gasteiger partial charge is 0.338 e. The molecule has 2 heterocycles. The monoisotopic (exact) mass is 143 g/mol. The van der Waals surface area contributed by atoms with Crippen molar-refractivity contribution in [1.29, 1.82) is 0 Å². The number of hydrogen-bond donors (Lipinski definition) is 0. The van der Waals surface area contributed by atoms with E-state index in [4.69, 9.17) is 9.57 Å². The summed E-state index contributed by atoms with van der Waals surface area (Å²) < 4.78 is 5.24. The minimum absolute atomic E-state index is 0.295. The van der Waals surface area contributed by atoms with Gasteiger partial charge in [0.25, 0.3) is 5.91 Å². The molecule has 0 aromatic carbocycles. The van der Waals surface area contributed by atoms with Crippen molar-refractivity contribution in [2.24, 2.45) is 0 Å². The Hall–Kier alpha value is -0.120. The van der Waals surface area contributed by atoms with Crippen LogP contribution in [-0.2, 0) is 9.57 Å². The van der Waals surface area contributed by atoms with Crippen molar-refractivity contribution in [3.8, 4) is 0 Å². The van der Waals surface area contributed by atoms with Crippen LogP contribution in [0.25, 0.3) is 0 Å². The van der Waals surface area contributed by atoms with Crippen LogP contribution in [0.3, 0.4) is 0 Å². The molecule has 2 rings (SSSR count). The molecule has 2 unspecified atom stereocenters. The number of ether oxygens (including phenoxy) is 1. The van der Waals surface area contributed by atoms with E-state index in [-0.39, 0.29) is 5.91 Å². The third-order valence-electron chi connectivity index (χ3n) is 2.27. The summed E-state index contributed by atoms with van der Waals surface area (Å²) in [5, 5.41) is 1.94. The van der Waals surface area contributed by atoms with Gasteiger partial charge in [-0.1, -0.05) is 6.42 Å². The van der Waals surface area contributed by atoms with Gasteiger partial charge in [0.15, 0.2) is 0 Å². The second kappa shape index (κ2) is 2.19. The van der Waals surface area contributed by atoms with Crippen LogP contribution in [0.4, 0.5) is 0 Å². The van der Waals surface area contributed by atoms with Gasteiger partial charge in [0.2, 0.25) is 0 Å². The minimum Gasteiger partial charge on any atom is -0.338 e. The smallest absolute Gasteiger partial charge is 0.269 e. The molecule has 0 saturated carbocycles. The van der Waals surface area contributed by atoms with E-state index in [0.717, 1.165) is 13.0 Å². The van der Waals surface area contributed by atoms with Crippen LogP contribution in [0, 0.1) is 0 Å². The Morgan fingerprint density at radius 3 is 3.10 bits per heavy atom. The lowest BCUT2D eigenvalue weighted by atomic mass is 10.2. The van der Waals surface area contributed by atoms with Crippen molar-refractivity contribution in [3.63, 3.8) is 0 Å². The van der Waals surface area contributed by atoms with E-state index < -0.39 is 0 Å². The quantitative estimate of drug-likeness (QED) is 0.514. The van der Waals surface area contributed by atoms with Crippen molar-refractivity contribution in [2.75, 3.05) is 13.7 Å². The predicted molar refractivity (Wildman–Crippen MR) is 36.0 cm³/mol. The average Bonchev–Trinajstić information content (AvgIpc) is 2.59. The first-order valence-corrected chi connectivity index (χ1v) is 3.89. The molecular formula is C7H13NO2. The highest BCUT2D eigenvalue weighted by atomic mass is 17.0. The summed E-state index contributed by atoms with van der Waals surface area (Å²) in [5.41, 5.74) is 0. The standard InChI is InChI=1S/C7H13NO2/c1-9-7-5-3-2-4-6-8(7)10-7/h2-6H2,1H3. The van der Waals surface area contributed by atoms with E-state index in [1.165, 1.54) is 19.3 Å². The summed E-state index contributed by atoms with van der Waals surface area (Å²) in [4.78, 5) is 5.31. The van der Waals surface area contributed by atoms with Crippen LogP contribution in [0.1, 0.15) is 25.7 Å². The van der Waals surface area contributed by atoms with Gasteiger partial charge in [-0.2, -0.15) is 0 Å². The molecule has 2 aliphatic rings. The summed E-state index contributed by atoms with van der Waals surface area (Å²) in [6, 6.07) is 0. The van der Waals surface area contributed by atoms with Crippen LogP contribution in [0.2, 0.25) is 0 Å². The van der Waals surface area contributed by atoms with Crippen LogP contribution in [-0.4, -0.2) is 24.6 Å². The van der Waals surface area contributed by atoms with E-state index in [9.17, 15) is 0 Å². The fourth-order valence-corrected chi connectivity index (χ4v) is 1.56. The van der Waals surface area contributed by atoms with Gasteiger partial charge in [-0.3, -0.25) is 0 Å². The first-order chi connectivity index (χ1) is 4.87. The van der Waals surface area contributed by atoms with Crippen molar-refractivity contribution in [2.45, 2.75) is 31.6 Å². The molecule has 0 aliphatic carbocycles. The third-order valence-corrected chi connectivity index (χ3v) is 2.27. The lowest BCUT2D eigenvalue weighted by Gasteiger charge is -2.04. The molecule has 2 atom stereocenters. The van der Waals surface area contributed by atoms with Crippen LogP contribution in [0.15, 0.2) is 0 Å². The molecule has 3 heteroatoms. The summed E-state index contributed by atoms with van der Waals surface area (Å²) in [6.07, 6.45) is 4.81. The Kier molecular flexibility index (Phi) is 1.44. The van der Waals surface area contributed by atoms with E-state index in [1.54, 1.807) is 7.11 Å². The van der Waals surface area contributed by atoms with Gasteiger partial charge < -0.3 is 4.74 Å². The minimum atomic E-state index is -0.295. The average molecular weight is 143 g/mol. The zero-order valence-corrected chi connectivity index (χ0v) is 6.30. The van der Waals surface area contributed by atoms with Crippen LogP contribution in [0.5, 0.6) is 0 Å². The molecule has 0 N–H and O–H groups in total. The maximum Gasteiger partial charge on any atom is 0.269 e. The molecular weight excluding hydrogens is 130 g/mol. The number of hydroxylamine groups is 2. The van der Waals surface area contributed by atoms with Gasteiger partial charge in [0.05, 0.1) is 0 Å². The maximum absolute atomic E-state index is 5.31. The Bertz CT molecular complexity index is 138. The molecule has 0 bridgehead atoms. The summed E-state index contributed by atoms with van der Waals surface area (Å²) in [5.74, 6) is -0.295. The summed E-state index contributed by atoms with van der Waals surface area (Å²) in [6.45, 7) is 1.04. The van der Waals surface area contributed by atoms with Crippen LogP contribution >= 0.6 is 0 Å². The molecule has 2 aliphatic heterocycles. The number of fused-ring (bicyclic) bond motifs is 1. The fraction of sp³-hybridized carbons (Fsp3) is 1.00. The second-order valence-corrected chi connectivity index (χ2v) is 2.92. The third kappa shape index (κ3) is 0.856. The maximum atomic E-state index is 5.31. The Morgan fingerprint density at radius 2 is 2.30 bits per heavy atom. The molecule has 10 heavy (non-hydrogen) atoms. The first-order valence-electron chi connectivity index (χ1n) is 3.89. The number of nitrogens with zero attached hydrogens (tertiary/aromatic N) is 1.